The number of hydrogen-bond donors (Lipinski definition) is 2. The van der Waals surface area contributed by atoms with Gasteiger partial charge in [0.15, 0.2) is 0 Å². The van der Waals surface area contributed by atoms with E-state index in [0.29, 0.717) is 5.69 Å². The summed E-state index contributed by atoms with van der Waals surface area (Å²) in [5.41, 5.74) is 0.436. The lowest BCUT2D eigenvalue weighted by molar-refractivity contribution is -0.164. The Balaban J connectivity index is 2.31. The van der Waals surface area contributed by atoms with E-state index in [1.165, 1.54) is 12.3 Å². The summed E-state index contributed by atoms with van der Waals surface area (Å²) in [5, 5.41) is 13.8. The second-order valence-corrected chi connectivity index (χ2v) is 2.60. The summed E-state index contributed by atoms with van der Waals surface area (Å²) in [6.45, 7) is -0.894. The molecule has 0 aromatic carbocycles. The molecule has 0 atom stereocenters. The fraction of sp³-hybridized carbons (Fsp3) is 0.429. The highest BCUT2D eigenvalue weighted by Gasteiger charge is 2.38. The molecule has 0 fully saturated rings. The zero-order chi connectivity index (χ0) is 10.6. The lowest BCUT2D eigenvalue weighted by Crippen LogP contribution is -2.39. The van der Waals surface area contributed by atoms with Gasteiger partial charge in [0.25, 0.3) is 0 Å². The smallest absolute Gasteiger partial charge is 0.375 e. The number of alkyl halides is 2. The fourth-order valence-corrected chi connectivity index (χ4v) is 0.752. The van der Waals surface area contributed by atoms with E-state index in [9.17, 15) is 13.6 Å². The normalized spacial score (nSPS) is 11.6. The van der Waals surface area contributed by atoms with Crippen LogP contribution in [-0.4, -0.2) is 28.7 Å². The van der Waals surface area contributed by atoms with Gasteiger partial charge in [-0.05, 0) is 0 Å². The third kappa shape index (κ3) is 2.77. The molecule has 0 aliphatic carbocycles. The van der Waals surface area contributed by atoms with Crippen molar-refractivity contribution in [3.05, 3.63) is 18.0 Å². The number of aromatic nitrogens is 1. The largest absolute Gasteiger partial charge is 0.477 e. The highest BCUT2D eigenvalue weighted by molar-refractivity contribution is 5.75. The number of carboxylic acids is 1. The van der Waals surface area contributed by atoms with Gasteiger partial charge in [0.1, 0.15) is 6.26 Å². The predicted molar refractivity (Wildman–Crippen MR) is 40.8 cm³/mol. The SMILES string of the molecule is O=C(O)C(F)(F)CNCc1ccon1. The Hall–Kier alpha value is -1.50. The summed E-state index contributed by atoms with van der Waals surface area (Å²) in [4.78, 5) is 9.99. The summed E-state index contributed by atoms with van der Waals surface area (Å²) in [7, 11) is 0. The molecule has 1 rings (SSSR count). The average Bonchev–Trinajstić information content (AvgIpc) is 2.56. The Morgan fingerprint density at radius 2 is 2.43 bits per heavy atom. The molecule has 5 nitrogen and oxygen atoms in total. The van der Waals surface area contributed by atoms with Gasteiger partial charge in [0.05, 0.1) is 12.2 Å². The highest BCUT2D eigenvalue weighted by Crippen LogP contribution is 2.11. The van der Waals surface area contributed by atoms with E-state index >= 15 is 0 Å². The van der Waals surface area contributed by atoms with Crippen LogP contribution in [0.2, 0.25) is 0 Å². The maximum atomic E-state index is 12.5. The minimum Gasteiger partial charge on any atom is -0.477 e. The molecular formula is C7H8F2N2O3. The number of hydrogen-bond acceptors (Lipinski definition) is 4. The van der Waals surface area contributed by atoms with Gasteiger partial charge in [-0.15, -0.1) is 0 Å². The predicted octanol–water partition coefficient (Wildman–Crippen LogP) is 0.484. The number of carbonyl (C=O) groups is 1. The maximum absolute atomic E-state index is 12.5. The molecule has 0 aliphatic heterocycles. The molecule has 2 N–H and O–H groups in total. The van der Waals surface area contributed by atoms with Crippen molar-refractivity contribution in [2.24, 2.45) is 0 Å². The molecule has 1 aromatic heterocycles. The van der Waals surface area contributed by atoms with Gasteiger partial charge in [-0.2, -0.15) is 8.78 Å². The van der Waals surface area contributed by atoms with Gasteiger partial charge in [0.2, 0.25) is 0 Å². The van der Waals surface area contributed by atoms with E-state index in [-0.39, 0.29) is 6.54 Å². The standard InChI is InChI=1S/C7H8F2N2O3/c8-7(9,6(12)13)4-10-3-5-1-2-14-11-5/h1-2,10H,3-4H2,(H,12,13). The first-order valence-corrected chi connectivity index (χ1v) is 3.73. The third-order valence-electron chi connectivity index (χ3n) is 1.46. The zero-order valence-corrected chi connectivity index (χ0v) is 7.04. The van der Waals surface area contributed by atoms with Crippen molar-refractivity contribution in [2.45, 2.75) is 12.5 Å². The lowest BCUT2D eigenvalue weighted by Gasteiger charge is -2.10. The topological polar surface area (TPSA) is 75.4 Å². The number of halogens is 2. The van der Waals surface area contributed by atoms with Crippen molar-refractivity contribution >= 4 is 5.97 Å². The Labute approximate surface area is 77.7 Å². The summed E-state index contributed by atoms with van der Waals surface area (Å²) in [5.74, 6) is -5.91. The van der Waals surface area contributed by atoms with Gasteiger partial charge >= 0.3 is 11.9 Å². The van der Waals surface area contributed by atoms with Crippen molar-refractivity contribution in [3.8, 4) is 0 Å². The summed E-state index contributed by atoms with van der Waals surface area (Å²) in [6.07, 6.45) is 1.30. The van der Waals surface area contributed by atoms with Gasteiger partial charge in [0, 0.05) is 12.6 Å². The summed E-state index contributed by atoms with van der Waals surface area (Å²) >= 11 is 0. The van der Waals surface area contributed by atoms with Crippen LogP contribution in [0.3, 0.4) is 0 Å². The molecule has 0 spiro atoms. The molecule has 1 aromatic rings. The molecule has 0 amide bonds. The Bertz CT molecular complexity index is 300. The van der Waals surface area contributed by atoms with E-state index in [1.54, 1.807) is 0 Å². The van der Waals surface area contributed by atoms with Crippen LogP contribution in [0.5, 0.6) is 0 Å². The Kier molecular flexibility index (Phi) is 3.13. The lowest BCUT2D eigenvalue weighted by atomic mass is 10.3. The maximum Gasteiger partial charge on any atom is 0.375 e. The second kappa shape index (κ2) is 4.14. The van der Waals surface area contributed by atoms with Gasteiger partial charge < -0.3 is 14.9 Å². The first-order valence-electron chi connectivity index (χ1n) is 3.73. The van der Waals surface area contributed by atoms with Gasteiger partial charge in [-0.1, -0.05) is 5.16 Å². The molecule has 14 heavy (non-hydrogen) atoms. The quantitative estimate of drug-likeness (QED) is 0.733. The number of nitrogens with zero attached hydrogens (tertiary/aromatic N) is 1. The second-order valence-electron chi connectivity index (χ2n) is 2.60. The monoisotopic (exact) mass is 206 g/mol. The van der Waals surface area contributed by atoms with Crippen molar-refractivity contribution in [1.82, 2.24) is 10.5 Å². The van der Waals surface area contributed by atoms with Crippen LogP contribution in [-0.2, 0) is 11.3 Å². The van der Waals surface area contributed by atoms with Crippen LogP contribution in [0.1, 0.15) is 5.69 Å². The van der Waals surface area contributed by atoms with Crippen LogP contribution in [0.4, 0.5) is 8.78 Å². The Morgan fingerprint density at radius 3 is 2.93 bits per heavy atom. The molecule has 0 unspecified atom stereocenters. The van der Waals surface area contributed by atoms with Crippen LogP contribution in [0.25, 0.3) is 0 Å². The van der Waals surface area contributed by atoms with E-state index in [0.717, 1.165) is 0 Å². The van der Waals surface area contributed by atoms with E-state index < -0.39 is 18.4 Å². The van der Waals surface area contributed by atoms with E-state index in [1.807, 2.05) is 0 Å². The van der Waals surface area contributed by atoms with E-state index in [4.69, 9.17) is 5.11 Å². The number of nitrogens with one attached hydrogen (secondary N) is 1. The van der Waals surface area contributed by atoms with Gasteiger partial charge in [-0.3, -0.25) is 0 Å². The van der Waals surface area contributed by atoms with E-state index in [2.05, 4.69) is 15.0 Å². The highest BCUT2D eigenvalue weighted by atomic mass is 19.3. The Morgan fingerprint density at radius 1 is 1.71 bits per heavy atom. The number of carboxylic acid groups (broad SMARTS) is 1. The van der Waals surface area contributed by atoms with Gasteiger partial charge in [-0.25, -0.2) is 4.79 Å². The zero-order valence-electron chi connectivity index (χ0n) is 7.04. The minimum absolute atomic E-state index is 0.0410. The molecule has 78 valence electrons. The molecule has 0 aliphatic rings. The molecule has 7 heteroatoms. The molecule has 1 heterocycles. The third-order valence-corrected chi connectivity index (χ3v) is 1.46. The first kappa shape index (κ1) is 10.6. The molecule has 0 saturated heterocycles. The van der Waals surface area contributed by atoms with Crippen LogP contribution >= 0.6 is 0 Å². The average molecular weight is 206 g/mol. The number of aliphatic carboxylic acids is 1. The van der Waals surface area contributed by atoms with Crippen molar-refractivity contribution < 1.29 is 23.2 Å². The molecule has 0 radical (unpaired) electrons. The molecular weight excluding hydrogens is 198 g/mol. The van der Waals surface area contributed by atoms with Crippen molar-refractivity contribution in [1.29, 1.82) is 0 Å². The minimum atomic E-state index is -3.76. The molecule has 0 bridgehead atoms. The van der Waals surface area contributed by atoms with Crippen LogP contribution in [0.15, 0.2) is 16.9 Å². The van der Waals surface area contributed by atoms with Crippen molar-refractivity contribution in [2.75, 3.05) is 6.54 Å². The fourth-order valence-electron chi connectivity index (χ4n) is 0.752. The van der Waals surface area contributed by atoms with Crippen LogP contribution in [0, 0.1) is 0 Å². The van der Waals surface area contributed by atoms with Crippen molar-refractivity contribution in [3.63, 3.8) is 0 Å². The summed E-state index contributed by atoms with van der Waals surface area (Å²) in [6, 6.07) is 1.49. The first-order chi connectivity index (χ1) is 6.52. The summed E-state index contributed by atoms with van der Waals surface area (Å²) < 4.78 is 29.4. The number of rotatable bonds is 5. The van der Waals surface area contributed by atoms with Crippen LogP contribution < -0.4 is 5.32 Å². The molecule has 0 saturated carbocycles.